The van der Waals surface area contributed by atoms with Crippen LogP contribution in [0.2, 0.25) is 0 Å². The molecule has 2 aromatic heterocycles. The number of hydrogen-bond acceptors (Lipinski definition) is 5. The summed E-state index contributed by atoms with van der Waals surface area (Å²) in [4.78, 5) is 4.37. The molecule has 1 atom stereocenters. The minimum absolute atomic E-state index is 0.182. The third-order valence-corrected chi connectivity index (χ3v) is 9.29. The van der Waals surface area contributed by atoms with Crippen molar-refractivity contribution in [3.8, 4) is 0 Å². The molecule has 0 radical (unpaired) electrons. The summed E-state index contributed by atoms with van der Waals surface area (Å²) in [7, 11) is 0. The van der Waals surface area contributed by atoms with Gasteiger partial charge in [-0.05, 0) is 90.5 Å². The van der Waals surface area contributed by atoms with Crippen LogP contribution in [0, 0.1) is 5.41 Å². The number of H-pyrrole nitrogens is 1. The Morgan fingerprint density at radius 3 is 2.42 bits per heavy atom. The fourth-order valence-electron chi connectivity index (χ4n) is 7.13. The highest BCUT2D eigenvalue weighted by atomic mass is 15.3. The first kappa shape index (κ1) is 23.2. The number of nitrogens with one attached hydrogen (secondary N) is 1. The summed E-state index contributed by atoms with van der Waals surface area (Å²) in [5.74, 6) is 0.670. The predicted octanol–water partition coefficient (Wildman–Crippen LogP) is 5.99. The van der Waals surface area contributed by atoms with Gasteiger partial charge in [-0.3, -0.25) is 0 Å². The summed E-state index contributed by atoms with van der Waals surface area (Å²) in [5.41, 5.74) is 19.6. The minimum Gasteiger partial charge on any atom is -0.384 e. The Labute approximate surface area is 212 Å². The van der Waals surface area contributed by atoms with Crippen molar-refractivity contribution in [2.24, 2.45) is 11.1 Å². The Kier molecular flexibility index (Phi) is 6.00. The van der Waals surface area contributed by atoms with Crippen LogP contribution in [-0.4, -0.2) is 20.4 Å². The molecule has 6 heteroatoms. The number of fused-ring (bicyclic) bond motifs is 4. The van der Waals surface area contributed by atoms with Crippen LogP contribution in [0.3, 0.4) is 0 Å². The first-order valence-electron chi connectivity index (χ1n) is 13.4. The van der Waals surface area contributed by atoms with Crippen molar-refractivity contribution in [3.63, 3.8) is 0 Å². The molecule has 3 saturated carbocycles. The highest BCUT2D eigenvalue weighted by Gasteiger charge is 2.48. The van der Waals surface area contributed by atoms with E-state index in [0.717, 1.165) is 23.1 Å². The molecule has 186 valence electrons. The van der Waals surface area contributed by atoms with E-state index < -0.39 is 0 Å². The van der Waals surface area contributed by atoms with Crippen LogP contribution in [0.1, 0.15) is 86.0 Å². The molecule has 0 amide bonds. The summed E-state index contributed by atoms with van der Waals surface area (Å²) < 4.78 is 0. The number of aromatic nitrogens is 4. The number of pyridine rings is 1. The van der Waals surface area contributed by atoms with Gasteiger partial charge in [0.1, 0.15) is 11.3 Å². The van der Waals surface area contributed by atoms with E-state index in [0.29, 0.717) is 28.8 Å². The summed E-state index contributed by atoms with van der Waals surface area (Å²) in [5, 5.41) is 11.4. The van der Waals surface area contributed by atoms with Crippen molar-refractivity contribution in [2.45, 2.75) is 75.7 Å². The largest absolute Gasteiger partial charge is 0.384 e. The van der Waals surface area contributed by atoms with Crippen LogP contribution in [0.5, 0.6) is 0 Å². The van der Waals surface area contributed by atoms with E-state index in [1.807, 2.05) is 6.07 Å². The highest BCUT2D eigenvalue weighted by molar-refractivity contribution is 5.77. The number of benzene rings is 2. The molecule has 7 rings (SSSR count). The monoisotopic (exact) mass is 480 g/mol. The molecule has 0 saturated heterocycles. The Bertz CT molecular complexity index is 1320. The number of nitrogens with two attached hydrogens (primary N) is 2. The molecular weight excluding hydrogens is 444 g/mol. The molecule has 2 heterocycles. The van der Waals surface area contributed by atoms with Crippen LogP contribution in [0.25, 0.3) is 11.2 Å². The molecular formula is C30H36N6. The Morgan fingerprint density at radius 1 is 0.889 bits per heavy atom. The maximum atomic E-state index is 6.20. The fraction of sp³-hybridized carbons (Fsp3) is 0.433. The Morgan fingerprint density at radius 2 is 1.67 bits per heavy atom. The quantitative estimate of drug-likeness (QED) is 0.287. The molecule has 6 nitrogen and oxygen atoms in total. The van der Waals surface area contributed by atoms with Gasteiger partial charge < -0.3 is 11.5 Å². The van der Waals surface area contributed by atoms with Gasteiger partial charge >= 0.3 is 0 Å². The van der Waals surface area contributed by atoms with Gasteiger partial charge in [0.25, 0.3) is 0 Å². The van der Waals surface area contributed by atoms with Crippen molar-refractivity contribution in [1.82, 2.24) is 20.4 Å². The van der Waals surface area contributed by atoms with Crippen LogP contribution in [0.4, 0.5) is 5.82 Å². The maximum Gasteiger partial charge on any atom is 0.203 e. The average molecular weight is 481 g/mol. The van der Waals surface area contributed by atoms with Gasteiger partial charge in [-0.2, -0.15) is 10.3 Å². The van der Waals surface area contributed by atoms with Crippen molar-refractivity contribution >= 4 is 17.0 Å². The third kappa shape index (κ3) is 4.17. The third-order valence-electron chi connectivity index (χ3n) is 9.29. The van der Waals surface area contributed by atoms with Crippen molar-refractivity contribution in [1.29, 1.82) is 0 Å². The smallest absolute Gasteiger partial charge is 0.203 e. The molecule has 2 aromatic carbocycles. The summed E-state index contributed by atoms with van der Waals surface area (Å²) in [6, 6.07) is 21.9. The van der Waals surface area contributed by atoms with Gasteiger partial charge in [-0.15, -0.1) is 5.10 Å². The predicted molar refractivity (Wildman–Crippen MR) is 144 cm³/mol. The molecule has 3 aliphatic rings. The average Bonchev–Trinajstić information content (AvgIpc) is 3.41. The summed E-state index contributed by atoms with van der Waals surface area (Å²) in [6.45, 7) is 0.532. The van der Waals surface area contributed by atoms with E-state index in [2.05, 4.69) is 75.0 Å². The molecule has 5 N–H and O–H groups in total. The van der Waals surface area contributed by atoms with E-state index in [1.165, 1.54) is 56.9 Å². The van der Waals surface area contributed by atoms with E-state index in [9.17, 15) is 0 Å². The molecule has 4 aromatic rings. The van der Waals surface area contributed by atoms with Crippen molar-refractivity contribution in [2.75, 3.05) is 5.73 Å². The van der Waals surface area contributed by atoms with Gasteiger partial charge in [0.05, 0.1) is 0 Å². The SMILES string of the molecule is NCc1cccc(C(CCCC23CCC(c4ccccc4)(CC2)CC3)c2cc(N)nc3n[nH]nc23)c1. The van der Waals surface area contributed by atoms with Crippen LogP contribution in [-0.2, 0) is 12.0 Å². The molecule has 1 unspecified atom stereocenters. The zero-order valence-corrected chi connectivity index (χ0v) is 20.9. The van der Waals surface area contributed by atoms with Crippen molar-refractivity contribution < 1.29 is 0 Å². The Balaban J connectivity index is 1.22. The topological polar surface area (TPSA) is 107 Å². The molecule has 3 aliphatic carbocycles. The summed E-state index contributed by atoms with van der Waals surface area (Å²) >= 11 is 0. The van der Waals surface area contributed by atoms with Crippen LogP contribution < -0.4 is 11.5 Å². The standard InChI is InChI=1S/C30H36N6/c31-20-21-6-4-7-22(18-21)24(25-19-26(32)33-28-27(25)34-36-35-28)10-5-11-29-12-15-30(16-13-29,17-14-29)23-8-2-1-3-9-23/h1-4,6-9,18-19,24H,5,10-17,20,31H2,(H3,32,33,34,35,36). The number of aromatic amines is 1. The zero-order valence-electron chi connectivity index (χ0n) is 20.9. The van der Waals surface area contributed by atoms with Crippen LogP contribution in [0.15, 0.2) is 60.7 Å². The summed E-state index contributed by atoms with van der Waals surface area (Å²) in [6.07, 6.45) is 11.6. The first-order chi connectivity index (χ1) is 17.6. The lowest BCUT2D eigenvalue weighted by molar-refractivity contribution is 0.0304. The van der Waals surface area contributed by atoms with Gasteiger partial charge in [0, 0.05) is 12.5 Å². The molecule has 0 spiro atoms. The van der Waals surface area contributed by atoms with Gasteiger partial charge in [0.2, 0.25) is 5.65 Å². The highest BCUT2D eigenvalue weighted by Crippen LogP contribution is 2.59. The fourth-order valence-corrected chi connectivity index (χ4v) is 7.13. The first-order valence-corrected chi connectivity index (χ1v) is 13.4. The maximum absolute atomic E-state index is 6.20. The number of anilines is 1. The van der Waals surface area contributed by atoms with E-state index >= 15 is 0 Å². The van der Waals surface area contributed by atoms with E-state index in [-0.39, 0.29) is 5.92 Å². The number of nitrogen functional groups attached to an aromatic ring is 1. The van der Waals surface area contributed by atoms with E-state index in [1.54, 1.807) is 5.56 Å². The second-order valence-corrected chi connectivity index (χ2v) is 11.2. The lowest BCUT2D eigenvalue weighted by Gasteiger charge is -2.54. The van der Waals surface area contributed by atoms with E-state index in [4.69, 9.17) is 11.5 Å². The molecule has 2 bridgehead atoms. The lowest BCUT2D eigenvalue weighted by Crippen LogP contribution is -2.44. The number of nitrogens with zero attached hydrogens (tertiary/aromatic N) is 3. The van der Waals surface area contributed by atoms with Gasteiger partial charge in [-0.1, -0.05) is 61.0 Å². The molecule has 36 heavy (non-hydrogen) atoms. The Hall–Kier alpha value is -3.25. The number of rotatable bonds is 8. The van der Waals surface area contributed by atoms with Gasteiger partial charge in [-0.25, -0.2) is 4.98 Å². The lowest BCUT2D eigenvalue weighted by atomic mass is 9.51. The number of hydrogen-bond donors (Lipinski definition) is 3. The zero-order chi connectivity index (χ0) is 24.6. The second-order valence-electron chi connectivity index (χ2n) is 11.2. The molecule has 0 aliphatic heterocycles. The van der Waals surface area contributed by atoms with Gasteiger partial charge in [0.15, 0.2) is 0 Å². The minimum atomic E-state index is 0.182. The normalized spacial score (nSPS) is 24.2. The molecule has 3 fully saturated rings. The van der Waals surface area contributed by atoms with Crippen molar-refractivity contribution in [3.05, 3.63) is 82.9 Å². The van der Waals surface area contributed by atoms with Crippen LogP contribution >= 0.6 is 0 Å². The second kappa shape index (κ2) is 9.32.